The summed E-state index contributed by atoms with van der Waals surface area (Å²) in [6.45, 7) is 0. The summed E-state index contributed by atoms with van der Waals surface area (Å²) in [5.74, 6) is -0.303. The van der Waals surface area contributed by atoms with E-state index in [1.807, 2.05) is 12.1 Å². The molecular formula is C15H12FNO. The molecule has 0 aliphatic heterocycles. The average molecular weight is 241 g/mol. The minimum atomic E-state index is -0.452. The molecule has 18 heavy (non-hydrogen) atoms. The number of aromatic nitrogens is 1. The first-order chi connectivity index (χ1) is 8.79. The van der Waals surface area contributed by atoms with Gasteiger partial charge < -0.3 is 0 Å². The second kappa shape index (κ2) is 4.33. The van der Waals surface area contributed by atoms with Crippen LogP contribution in [0.2, 0.25) is 0 Å². The fourth-order valence-corrected chi connectivity index (χ4v) is 2.59. The number of hydrogen-bond donors (Lipinski definition) is 0. The van der Waals surface area contributed by atoms with Gasteiger partial charge in [-0.15, -0.1) is 0 Å². The van der Waals surface area contributed by atoms with Crippen LogP contribution in [0.1, 0.15) is 39.5 Å². The van der Waals surface area contributed by atoms with Gasteiger partial charge in [0.1, 0.15) is 5.82 Å². The Labute approximate surface area is 104 Å². The van der Waals surface area contributed by atoms with Crippen molar-refractivity contribution in [2.75, 3.05) is 0 Å². The van der Waals surface area contributed by atoms with Gasteiger partial charge in [0, 0.05) is 12.1 Å². The van der Waals surface area contributed by atoms with Crippen molar-refractivity contribution in [3.8, 4) is 0 Å². The average Bonchev–Trinajstić information content (AvgIpc) is 2.82. The number of hydrogen-bond acceptors (Lipinski definition) is 2. The summed E-state index contributed by atoms with van der Waals surface area (Å²) in [5, 5.41) is 0. The highest BCUT2D eigenvalue weighted by atomic mass is 19.1. The third-order valence-electron chi connectivity index (χ3n) is 3.51. The van der Waals surface area contributed by atoms with E-state index in [4.69, 9.17) is 0 Å². The molecule has 0 radical (unpaired) electrons. The molecule has 1 atom stereocenters. The van der Waals surface area contributed by atoms with Gasteiger partial charge in [-0.2, -0.15) is 0 Å². The molecule has 0 saturated carbocycles. The normalized spacial score (nSPS) is 17.5. The first kappa shape index (κ1) is 11.1. The quantitative estimate of drug-likeness (QED) is 0.756. The van der Waals surface area contributed by atoms with E-state index >= 15 is 0 Å². The highest BCUT2D eigenvalue weighted by Crippen LogP contribution is 2.36. The molecule has 1 aliphatic carbocycles. The zero-order chi connectivity index (χ0) is 12.5. The largest absolute Gasteiger partial charge is 0.298 e. The van der Waals surface area contributed by atoms with Crippen molar-refractivity contribution in [1.29, 1.82) is 0 Å². The van der Waals surface area contributed by atoms with Gasteiger partial charge in [-0.25, -0.2) is 4.39 Å². The van der Waals surface area contributed by atoms with E-state index in [0.29, 0.717) is 6.29 Å². The number of carbonyl (C=O) groups is 1. The van der Waals surface area contributed by atoms with Crippen LogP contribution >= 0.6 is 0 Å². The van der Waals surface area contributed by atoms with E-state index in [0.717, 1.165) is 24.1 Å². The fourth-order valence-electron chi connectivity index (χ4n) is 2.59. The molecule has 1 heterocycles. The first-order valence-electron chi connectivity index (χ1n) is 5.98. The van der Waals surface area contributed by atoms with Crippen LogP contribution in [0.3, 0.4) is 0 Å². The van der Waals surface area contributed by atoms with Gasteiger partial charge in [0.25, 0.3) is 0 Å². The van der Waals surface area contributed by atoms with Crippen molar-refractivity contribution in [1.82, 2.24) is 4.98 Å². The van der Waals surface area contributed by atoms with Crippen molar-refractivity contribution in [2.24, 2.45) is 0 Å². The van der Waals surface area contributed by atoms with Crippen LogP contribution in [-0.4, -0.2) is 11.3 Å². The summed E-state index contributed by atoms with van der Waals surface area (Å²) >= 11 is 0. The van der Waals surface area contributed by atoms with Gasteiger partial charge in [-0.3, -0.25) is 9.78 Å². The van der Waals surface area contributed by atoms with Gasteiger partial charge in [-0.05, 0) is 42.2 Å². The number of pyridine rings is 1. The number of rotatable bonds is 2. The van der Waals surface area contributed by atoms with Gasteiger partial charge in [0.05, 0.1) is 11.3 Å². The second-order valence-electron chi connectivity index (χ2n) is 4.54. The molecule has 0 bridgehead atoms. The summed E-state index contributed by atoms with van der Waals surface area (Å²) in [7, 11) is 0. The summed E-state index contributed by atoms with van der Waals surface area (Å²) in [6, 6.07) is 8.81. The molecule has 1 aromatic heterocycles. The van der Waals surface area contributed by atoms with Crippen LogP contribution in [0.15, 0.2) is 36.5 Å². The Bertz CT molecular complexity index is 609. The molecule has 0 N–H and O–H groups in total. The summed E-state index contributed by atoms with van der Waals surface area (Å²) in [5.41, 5.74) is 3.28. The number of aryl methyl sites for hydroxylation is 1. The SMILES string of the molecule is O=Cc1ccc(C2CCc3cccnc32)cc1F. The molecule has 3 rings (SSSR count). The lowest BCUT2D eigenvalue weighted by atomic mass is 9.95. The Hall–Kier alpha value is -2.03. The lowest BCUT2D eigenvalue weighted by Gasteiger charge is -2.11. The summed E-state index contributed by atoms with van der Waals surface area (Å²) < 4.78 is 13.6. The number of fused-ring (bicyclic) bond motifs is 1. The van der Waals surface area contributed by atoms with E-state index in [9.17, 15) is 9.18 Å². The molecule has 0 saturated heterocycles. The van der Waals surface area contributed by atoms with Crippen LogP contribution in [0.4, 0.5) is 4.39 Å². The van der Waals surface area contributed by atoms with Crippen molar-refractivity contribution in [2.45, 2.75) is 18.8 Å². The van der Waals surface area contributed by atoms with Crippen LogP contribution < -0.4 is 0 Å². The molecule has 1 aromatic carbocycles. The Morgan fingerprint density at radius 2 is 2.22 bits per heavy atom. The van der Waals surface area contributed by atoms with Gasteiger partial charge in [0.15, 0.2) is 6.29 Å². The van der Waals surface area contributed by atoms with E-state index in [1.165, 1.54) is 11.6 Å². The summed E-state index contributed by atoms with van der Waals surface area (Å²) in [4.78, 5) is 15.0. The predicted molar refractivity (Wildman–Crippen MR) is 66.2 cm³/mol. The molecule has 90 valence electrons. The Kier molecular flexibility index (Phi) is 2.67. The smallest absolute Gasteiger partial charge is 0.152 e. The number of carbonyl (C=O) groups excluding carboxylic acids is 1. The molecular weight excluding hydrogens is 229 g/mol. The first-order valence-corrected chi connectivity index (χ1v) is 5.98. The van der Waals surface area contributed by atoms with Crippen LogP contribution in [0, 0.1) is 5.82 Å². The maximum atomic E-state index is 13.6. The van der Waals surface area contributed by atoms with E-state index in [2.05, 4.69) is 11.1 Å². The Morgan fingerprint density at radius 3 is 3.00 bits per heavy atom. The summed E-state index contributed by atoms with van der Waals surface area (Å²) in [6.07, 6.45) is 4.24. The van der Waals surface area contributed by atoms with Gasteiger partial charge >= 0.3 is 0 Å². The predicted octanol–water partition coefficient (Wildman–Crippen LogP) is 3.11. The molecule has 2 nitrogen and oxygen atoms in total. The van der Waals surface area contributed by atoms with Crippen LogP contribution in [0.5, 0.6) is 0 Å². The van der Waals surface area contributed by atoms with Crippen molar-refractivity contribution < 1.29 is 9.18 Å². The topological polar surface area (TPSA) is 30.0 Å². The minimum absolute atomic E-state index is 0.109. The number of benzene rings is 1. The van der Waals surface area contributed by atoms with Crippen molar-refractivity contribution in [3.63, 3.8) is 0 Å². The Morgan fingerprint density at radius 1 is 1.33 bits per heavy atom. The van der Waals surface area contributed by atoms with Gasteiger partial charge in [0.2, 0.25) is 0 Å². The molecule has 0 spiro atoms. The maximum Gasteiger partial charge on any atom is 0.152 e. The molecule has 1 aliphatic rings. The van der Waals surface area contributed by atoms with Gasteiger partial charge in [-0.1, -0.05) is 12.1 Å². The molecule has 2 aromatic rings. The molecule has 0 fully saturated rings. The van der Waals surface area contributed by atoms with Crippen molar-refractivity contribution in [3.05, 3.63) is 64.7 Å². The zero-order valence-corrected chi connectivity index (χ0v) is 9.77. The molecule has 1 unspecified atom stereocenters. The third-order valence-corrected chi connectivity index (χ3v) is 3.51. The van der Waals surface area contributed by atoms with Crippen molar-refractivity contribution >= 4 is 6.29 Å². The highest BCUT2D eigenvalue weighted by molar-refractivity contribution is 5.75. The standard InChI is InChI=1S/C15H12FNO/c16-14-8-11(3-4-12(14)9-18)13-6-5-10-2-1-7-17-15(10)13/h1-4,7-9,13H,5-6H2. The van der Waals surface area contributed by atoms with Crippen LogP contribution in [0.25, 0.3) is 0 Å². The number of halogens is 1. The lowest BCUT2D eigenvalue weighted by Crippen LogP contribution is -2.00. The monoisotopic (exact) mass is 241 g/mol. The van der Waals surface area contributed by atoms with E-state index in [-0.39, 0.29) is 11.5 Å². The number of nitrogens with zero attached hydrogens (tertiary/aromatic N) is 1. The lowest BCUT2D eigenvalue weighted by molar-refractivity contribution is 0.112. The molecule has 0 amide bonds. The number of aldehydes is 1. The molecule has 3 heteroatoms. The highest BCUT2D eigenvalue weighted by Gasteiger charge is 2.25. The van der Waals surface area contributed by atoms with E-state index < -0.39 is 5.82 Å². The fraction of sp³-hybridized carbons (Fsp3) is 0.200. The zero-order valence-electron chi connectivity index (χ0n) is 9.77. The van der Waals surface area contributed by atoms with E-state index in [1.54, 1.807) is 12.3 Å². The maximum absolute atomic E-state index is 13.6. The second-order valence-corrected chi connectivity index (χ2v) is 4.54. The van der Waals surface area contributed by atoms with Crippen LogP contribution in [-0.2, 0) is 6.42 Å². The Balaban J connectivity index is 2.02. The third kappa shape index (κ3) is 1.72. The minimum Gasteiger partial charge on any atom is -0.298 e.